The van der Waals surface area contributed by atoms with Crippen LogP contribution in [0, 0.1) is 5.92 Å². The molecule has 2 atom stereocenters. The van der Waals surface area contributed by atoms with Gasteiger partial charge in [0, 0.05) is 24.9 Å². The van der Waals surface area contributed by atoms with Crippen LogP contribution < -0.4 is 5.32 Å². The lowest BCUT2D eigenvalue weighted by Gasteiger charge is -2.16. The summed E-state index contributed by atoms with van der Waals surface area (Å²) in [6, 6.07) is 0.454. The van der Waals surface area contributed by atoms with Crippen molar-refractivity contribution in [2.45, 2.75) is 46.1 Å². The van der Waals surface area contributed by atoms with Gasteiger partial charge in [-0.1, -0.05) is 13.8 Å². The Kier molecular flexibility index (Phi) is 4.93. The highest BCUT2D eigenvalue weighted by Gasteiger charge is 2.34. The molecule has 0 spiro atoms. The quantitative estimate of drug-likeness (QED) is 0.691. The lowest BCUT2D eigenvalue weighted by Crippen LogP contribution is -2.33. The van der Waals surface area contributed by atoms with Crippen LogP contribution in [-0.4, -0.2) is 35.8 Å². The minimum Gasteiger partial charge on any atom is -0.315 e. The molecule has 1 N–H and O–H groups in total. The monoisotopic (exact) mass is 226 g/mol. The lowest BCUT2D eigenvalue weighted by atomic mass is 10.1. The Balaban J connectivity index is 2.27. The summed E-state index contributed by atoms with van der Waals surface area (Å²) >= 11 is 0. The first-order valence-electron chi connectivity index (χ1n) is 6.13. The predicted octanol–water partition coefficient (Wildman–Crippen LogP) is 1.16. The van der Waals surface area contributed by atoms with Crippen LogP contribution in [0.15, 0.2) is 0 Å². The highest BCUT2D eigenvalue weighted by atomic mass is 16.2. The Morgan fingerprint density at radius 1 is 1.50 bits per heavy atom. The van der Waals surface area contributed by atoms with Crippen molar-refractivity contribution in [2.75, 3.05) is 13.1 Å². The van der Waals surface area contributed by atoms with E-state index in [2.05, 4.69) is 19.2 Å². The van der Waals surface area contributed by atoms with Gasteiger partial charge in [0.1, 0.15) is 0 Å². The fourth-order valence-corrected chi connectivity index (χ4v) is 2.09. The van der Waals surface area contributed by atoms with Gasteiger partial charge in [-0.25, -0.2) is 0 Å². The highest BCUT2D eigenvalue weighted by molar-refractivity contribution is 6.03. The summed E-state index contributed by atoms with van der Waals surface area (Å²) in [7, 11) is 0. The normalized spacial score (nSPS) is 22.9. The Morgan fingerprint density at radius 2 is 2.19 bits per heavy atom. The van der Waals surface area contributed by atoms with E-state index in [1.165, 1.54) is 4.90 Å². The number of rotatable bonds is 6. The molecule has 2 unspecified atom stereocenters. The number of carbonyl (C=O) groups excluding carboxylic acids is 2. The summed E-state index contributed by atoms with van der Waals surface area (Å²) < 4.78 is 0. The van der Waals surface area contributed by atoms with Crippen LogP contribution in [0.1, 0.15) is 40.0 Å². The Labute approximate surface area is 97.4 Å². The standard InChI is InChI=1S/C12H22N2O2/c1-4-13-10(3)6-5-7-14-11(15)8-9(2)12(14)16/h9-10,13H,4-8H2,1-3H3. The van der Waals surface area contributed by atoms with E-state index < -0.39 is 0 Å². The predicted molar refractivity (Wildman–Crippen MR) is 62.9 cm³/mol. The zero-order valence-electron chi connectivity index (χ0n) is 10.5. The smallest absolute Gasteiger partial charge is 0.232 e. The van der Waals surface area contributed by atoms with Crippen molar-refractivity contribution >= 4 is 11.8 Å². The summed E-state index contributed by atoms with van der Waals surface area (Å²) in [5, 5.41) is 3.31. The summed E-state index contributed by atoms with van der Waals surface area (Å²) in [5.74, 6) is -0.117. The molecule has 0 saturated carbocycles. The van der Waals surface area contributed by atoms with Crippen molar-refractivity contribution in [1.82, 2.24) is 10.2 Å². The summed E-state index contributed by atoms with van der Waals surface area (Å²) in [4.78, 5) is 24.5. The van der Waals surface area contributed by atoms with Crippen molar-refractivity contribution < 1.29 is 9.59 Å². The zero-order valence-corrected chi connectivity index (χ0v) is 10.5. The fourth-order valence-electron chi connectivity index (χ4n) is 2.09. The number of carbonyl (C=O) groups is 2. The molecule has 0 aliphatic carbocycles. The molecule has 4 heteroatoms. The van der Waals surface area contributed by atoms with E-state index in [-0.39, 0.29) is 17.7 Å². The first-order chi connectivity index (χ1) is 7.56. The average Bonchev–Trinajstić information content (AvgIpc) is 2.45. The van der Waals surface area contributed by atoms with Crippen LogP contribution in [0.3, 0.4) is 0 Å². The van der Waals surface area contributed by atoms with E-state index in [9.17, 15) is 9.59 Å². The van der Waals surface area contributed by atoms with E-state index in [0.717, 1.165) is 19.4 Å². The van der Waals surface area contributed by atoms with E-state index in [1.807, 2.05) is 6.92 Å². The van der Waals surface area contributed by atoms with Gasteiger partial charge in [0.15, 0.2) is 0 Å². The summed E-state index contributed by atoms with van der Waals surface area (Å²) in [6.45, 7) is 7.56. The van der Waals surface area contributed by atoms with Crippen molar-refractivity contribution in [3.63, 3.8) is 0 Å². The Hall–Kier alpha value is -0.900. The second kappa shape index (κ2) is 5.99. The molecule has 4 nitrogen and oxygen atoms in total. The minimum absolute atomic E-state index is 0.00102. The number of likely N-dealkylation sites (tertiary alicyclic amines) is 1. The first-order valence-corrected chi connectivity index (χ1v) is 6.13. The number of hydrogen-bond acceptors (Lipinski definition) is 3. The highest BCUT2D eigenvalue weighted by Crippen LogP contribution is 2.19. The van der Waals surface area contributed by atoms with Crippen LogP contribution in [0.5, 0.6) is 0 Å². The van der Waals surface area contributed by atoms with Crippen LogP contribution in [0.4, 0.5) is 0 Å². The van der Waals surface area contributed by atoms with Gasteiger partial charge in [-0.15, -0.1) is 0 Å². The molecule has 0 bridgehead atoms. The van der Waals surface area contributed by atoms with Gasteiger partial charge in [0.25, 0.3) is 0 Å². The molecule has 1 heterocycles. The molecular weight excluding hydrogens is 204 g/mol. The molecule has 2 amide bonds. The number of hydrogen-bond donors (Lipinski definition) is 1. The Morgan fingerprint density at radius 3 is 2.69 bits per heavy atom. The molecule has 1 fully saturated rings. The molecule has 0 aromatic carbocycles. The van der Waals surface area contributed by atoms with Crippen molar-refractivity contribution in [3.05, 3.63) is 0 Å². The molecule has 0 radical (unpaired) electrons. The van der Waals surface area contributed by atoms with Gasteiger partial charge in [0.05, 0.1) is 0 Å². The molecule has 1 saturated heterocycles. The third-order valence-electron chi connectivity index (χ3n) is 3.04. The van der Waals surface area contributed by atoms with Gasteiger partial charge in [-0.3, -0.25) is 14.5 Å². The average molecular weight is 226 g/mol. The van der Waals surface area contributed by atoms with Crippen molar-refractivity contribution in [2.24, 2.45) is 5.92 Å². The first kappa shape index (κ1) is 13.2. The molecule has 0 aromatic rings. The van der Waals surface area contributed by atoms with Crippen molar-refractivity contribution in [3.8, 4) is 0 Å². The second-order valence-corrected chi connectivity index (χ2v) is 4.59. The molecule has 1 aliphatic rings. The van der Waals surface area contributed by atoms with Crippen LogP contribution in [0.25, 0.3) is 0 Å². The second-order valence-electron chi connectivity index (χ2n) is 4.59. The van der Waals surface area contributed by atoms with E-state index >= 15 is 0 Å². The van der Waals surface area contributed by atoms with E-state index in [4.69, 9.17) is 0 Å². The van der Waals surface area contributed by atoms with Crippen LogP contribution in [0.2, 0.25) is 0 Å². The summed E-state index contributed by atoms with van der Waals surface area (Å²) in [5.41, 5.74) is 0. The van der Waals surface area contributed by atoms with Crippen LogP contribution in [-0.2, 0) is 9.59 Å². The molecule has 1 rings (SSSR count). The van der Waals surface area contributed by atoms with E-state index in [0.29, 0.717) is 19.0 Å². The van der Waals surface area contributed by atoms with Gasteiger partial charge in [0.2, 0.25) is 11.8 Å². The number of amides is 2. The van der Waals surface area contributed by atoms with Gasteiger partial charge in [-0.2, -0.15) is 0 Å². The van der Waals surface area contributed by atoms with Gasteiger partial charge in [-0.05, 0) is 26.3 Å². The SMILES string of the molecule is CCNC(C)CCCN1C(=O)CC(C)C1=O. The topological polar surface area (TPSA) is 49.4 Å². The minimum atomic E-state index is -0.112. The van der Waals surface area contributed by atoms with Gasteiger partial charge >= 0.3 is 0 Å². The third-order valence-corrected chi connectivity index (χ3v) is 3.04. The maximum atomic E-state index is 11.6. The van der Waals surface area contributed by atoms with Crippen molar-refractivity contribution in [1.29, 1.82) is 0 Å². The third kappa shape index (κ3) is 3.30. The number of nitrogens with one attached hydrogen (secondary N) is 1. The van der Waals surface area contributed by atoms with E-state index in [1.54, 1.807) is 0 Å². The molecular formula is C12H22N2O2. The number of nitrogens with zero attached hydrogens (tertiary/aromatic N) is 1. The molecule has 0 aromatic heterocycles. The zero-order chi connectivity index (χ0) is 12.1. The molecule has 92 valence electrons. The van der Waals surface area contributed by atoms with Crippen LogP contribution >= 0.6 is 0 Å². The maximum Gasteiger partial charge on any atom is 0.232 e. The van der Waals surface area contributed by atoms with Gasteiger partial charge < -0.3 is 5.32 Å². The number of imide groups is 1. The summed E-state index contributed by atoms with van der Waals surface area (Å²) in [6.07, 6.45) is 2.28. The molecule has 16 heavy (non-hydrogen) atoms. The maximum absolute atomic E-state index is 11.6. The largest absolute Gasteiger partial charge is 0.315 e. The molecule has 1 aliphatic heterocycles. The lowest BCUT2D eigenvalue weighted by molar-refractivity contribution is -0.139. The Bertz CT molecular complexity index is 266. The fraction of sp³-hybridized carbons (Fsp3) is 0.833.